The van der Waals surface area contributed by atoms with Crippen molar-refractivity contribution >= 4 is 28.8 Å². The standard InChI is InChI=1S/C24H29N3O2.C2H2O4/c1-26(2)11-8-20-17-29-23-7-6-19(14-22(20)23)21-12-18(15-25-16-21)13-24(28)27-9-4-3-5-10-27;3-1(4)2(5)6/h6-7,12,14-17H,3-5,8-11,13H2,1-2H3;(H,3,4)(H,5,6). The summed E-state index contributed by atoms with van der Waals surface area (Å²) in [6, 6.07) is 8.36. The first kappa shape index (κ1) is 25.9. The molecule has 3 heterocycles. The fourth-order valence-electron chi connectivity index (χ4n) is 3.97. The number of benzene rings is 1. The number of aromatic nitrogens is 1. The summed E-state index contributed by atoms with van der Waals surface area (Å²) < 4.78 is 5.73. The van der Waals surface area contributed by atoms with E-state index in [0.717, 1.165) is 66.6 Å². The lowest BCUT2D eigenvalue weighted by atomic mass is 10.0. The molecule has 2 N–H and O–H groups in total. The van der Waals surface area contributed by atoms with Crippen molar-refractivity contribution in [2.75, 3.05) is 33.7 Å². The number of fused-ring (bicyclic) bond motifs is 1. The number of hydrogen-bond acceptors (Lipinski definition) is 6. The Kier molecular flexibility index (Phi) is 8.97. The maximum Gasteiger partial charge on any atom is 0.414 e. The van der Waals surface area contributed by atoms with Crippen LogP contribution in [0.2, 0.25) is 0 Å². The van der Waals surface area contributed by atoms with Crippen molar-refractivity contribution in [3.8, 4) is 11.1 Å². The smallest absolute Gasteiger partial charge is 0.414 e. The van der Waals surface area contributed by atoms with Gasteiger partial charge in [0.15, 0.2) is 0 Å². The monoisotopic (exact) mass is 481 g/mol. The third-order valence-electron chi connectivity index (χ3n) is 5.86. The Morgan fingerprint density at radius 1 is 1.00 bits per heavy atom. The average molecular weight is 482 g/mol. The number of likely N-dealkylation sites (tertiary alicyclic amines) is 1. The van der Waals surface area contributed by atoms with Gasteiger partial charge in [0.05, 0.1) is 12.7 Å². The molecule has 35 heavy (non-hydrogen) atoms. The molecular formula is C26H31N3O6. The number of carboxylic acid groups (broad SMARTS) is 2. The van der Waals surface area contributed by atoms with Gasteiger partial charge in [0.2, 0.25) is 5.91 Å². The minimum Gasteiger partial charge on any atom is -0.473 e. The zero-order chi connectivity index (χ0) is 25.4. The van der Waals surface area contributed by atoms with Gasteiger partial charge in [-0.1, -0.05) is 6.07 Å². The van der Waals surface area contributed by atoms with E-state index >= 15 is 0 Å². The molecule has 3 aromatic rings. The fraction of sp³-hybridized carbons (Fsp3) is 0.385. The molecule has 0 saturated carbocycles. The van der Waals surface area contributed by atoms with E-state index in [1.54, 1.807) is 0 Å². The predicted molar refractivity (Wildman–Crippen MR) is 131 cm³/mol. The van der Waals surface area contributed by atoms with Gasteiger partial charge in [0.1, 0.15) is 5.58 Å². The highest BCUT2D eigenvalue weighted by Gasteiger charge is 2.17. The van der Waals surface area contributed by atoms with Crippen molar-refractivity contribution in [2.45, 2.75) is 32.1 Å². The summed E-state index contributed by atoms with van der Waals surface area (Å²) in [7, 11) is 4.16. The third kappa shape index (κ3) is 7.38. The largest absolute Gasteiger partial charge is 0.473 e. The highest BCUT2D eigenvalue weighted by Crippen LogP contribution is 2.28. The number of carbonyl (C=O) groups excluding carboxylic acids is 1. The minimum atomic E-state index is -1.82. The highest BCUT2D eigenvalue weighted by molar-refractivity contribution is 6.27. The third-order valence-corrected chi connectivity index (χ3v) is 5.86. The molecule has 1 amide bonds. The summed E-state index contributed by atoms with van der Waals surface area (Å²) in [5.74, 6) is -3.44. The van der Waals surface area contributed by atoms with Crippen LogP contribution in [-0.2, 0) is 27.2 Å². The van der Waals surface area contributed by atoms with Gasteiger partial charge < -0.3 is 24.4 Å². The Labute approximate surface area is 204 Å². The molecule has 0 unspecified atom stereocenters. The Morgan fingerprint density at radius 2 is 1.71 bits per heavy atom. The van der Waals surface area contributed by atoms with E-state index in [-0.39, 0.29) is 5.91 Å². The van der Waals surface area contributed by atoms with Crippen molar-refractivity contribution < 1.29 is 29.0 Å². The van der Waals surface area contributed by atoms with E-state index in [1.807, 2.05) is 29.6 Å². The molecule has 9 nitrogen and oxygen atoms in total. The van der Waals surface area contributed by atoms with Gasteiger partial charge in [-0.25, -0.2) is 9.59 Å². The van der Waals surface area contributed by atoms with Crippen LogP contribution < -0.4 is 0 Å². The molecule has 1 aliphatic rings. The molecule has 0 radical (unpaired) electrons. The van der Waals surface area contributed by atoms with Crippen LogP contribution in [0.3, 0.4) is 0 Å². The normalized spacial score (nSPS) is 13.4. The van der Waals surface area contributed by atoms with Crippen LogP contribution in [0.5, 0.6) is 0 Å². The second kappa shape index (κ2) is 12.1. The van der Waals surface area contributed by atoms with Crippen molar-refractivity contribution in [3.63, 3.8) is 0 Å². The van der Waals surface area contributed by atoms with Crippen LogP contribution in [0.15, 0.2) is 47.3 Å². The van der Waals surface area contributed by atoms with Crippen molar-refractivity contribution in [1.82, 2.24) is 14.8 Å². The number of likely N-dealkylation sites (N-methyl/N-ethyl adjacent to an activating group) is 1. The Balaban J connectivity index is 0.000000509. The predicted octanol–water partition coefficient (Wildman–Crippen LogP) is 3.31. The first-order valence-electron chi connectivity index (χ1n) is 11.6. The van der Waals surface area contributed by atoms with Gasteiger partial charge in [-0.15, -0.1) is 0 Å². The molecule has 0 bridgehead atoms. The van der Waals surface area contributed by atoms with Gasteiger partial charge in [-0.3, -0.25) is 9.78 Å². The lowest BCUT2D eigenvalue weighted by Crippen LogP contribution is -2.36. The molecule has 0 spiro atoms. The maximum atomic E-state index is 12.6. The number of carboxylic acids is 2. The summed E-state index contributed by atoms with van der Waals surface area (Å²) in [5.41, 5.74) is 5.24. The fourth-order valence-corrected chi connectivity index (χ4v) is 3.97. The SMILES string of the molecule is CN(C)CCc1coc2ccc(-c3cncc(CC(=O)N4CCCCC4)c3)cc12.O=C(O)C(=O)O. The number of rotatable bonds is 6. The van der Waals surface area contributed by atoms with Crippen LogP contribution in [0.25, 0.3) is 22.1 Å². The Morgan fingerprint density at radius 3 is 2.37 bits per heavy atom. The molecule has 1 saturated heterocycles. The molecule has 1 aliphatic heterocycles. The van der Waals surface area contributed by atoms with Gasteiger partial charge in [0, 0.05) is 43.0 Å². The molecule has 0 aliphatic carbocycles. The summed E-state index contributed by atoms with van der Waals surface area (Å²) in [6.45, 7) is 2.76. The zero-order valence-electron chi connectivity index (χ0n) is 20.1. The summed E-state index contributed by atoms with van der Waals surface area (Å²) in [6.07, 6.45) is 10.4. The number of hydrogen-bond donors (Lipinski definition) is 2. The highest BCUT2D eigenvalue weighted by atomic mass is 16.4. The van der Waals surface area contributed by atoms with Gasteiger partial charge >= 0.3 is 11.9 Å². The lowest BCUT2D eigenvalue weighted by molar-refractivity contribution is -0.159. The van der Waals surface area contributed by atoms with Crippen LogP contribution in [0.4, 0.5) is 0 Å². The molecule has 4 rings (SSSR count). The summed E-state index contributed by atoms with van der Waals surface area (Å²) in [5, 5.41) is 15.9. The topological polar surface area (TPSA) is 124 Å². The minimum absolute atomic E-state index is 0.208. The van der Waals surface area contributed by atoms with Crippen LogP contribution >= 0.6 is 0 Å². The summed E-state index contributed by atoms with van der Waals surface area (Å²) >= 11 is 0. The van der Waals surface area contributed by atoms with E-state index < -0.39 is 11.9 Å². The van der Waals surface area contributed by atoms with Gasteiger partial charge in [-0.2, -0.15) is 0 Å². The van der Waals surface area contributed by atoms with E-state index in [9.17, 15) is 4.79 Å². The molecule has 9 heteroatoms. The molecule has 186 valence electrons. The van der Waals surface area contributed by atoms with E-state index in [1.165, 1.54) is 12.0 Å². The average Bonchev–Trinajstić information content (AvgIpc) is 3.26. The maximum absolute atomic E-state index is 12.6. The Bertz CT molecular complexity index is 1170. The lowest BCUT2D eigenvalue weighted by Gasteiger charge is -2.26. The van der Waals surface area contributed by atoms with Crippen LogP contribution in [0, 0.1) is 0 Å². The molecular weight excluding hydrogens is 450 g/mol. The zero-order valence-corrected chi connectivity index (χ0v) is 20.1. The van der Waals surface area contributed by atoms with E-state index in [0.29, 0.717) is 6.42 Å². The van der Waals surface area contributed by atoms with E-state index in [4.69, 9.17) is 24.2 Å². The molecule has 1 aromatic carbocycles. The number of amides is 1. The first-order chi connectivity index (χ1) is 16.7. The van der Waals surface area contributed by atoms with E-state index in [2.05, 4.69) is 42.2 Å². The number of aliphatic carboxylic acids is 2. The number of piperidine rings is 1. The number of furan rings is 1. The molecule has 1 fully saturated rings. The van der Waals surface area contributed by atoms with Crippen LogP contribution in [0.1, 0.15) is 30.4 Å². The van der Waals surface area contributed by atoms with Gasteiger partial charge in [-0.05, 0) is 74.7 Å². The van der Waals surface area contributed by atoms with Crippen LogP contribution in [-0.4, -0.2) is 76.6 Å². The molecule has 0 atom stereocenters. The molecule has 2 aromatic heterocycles. The van der Waals surface area contributed by atoms with Crippen molar-refractivity contribution in [2.24, 2.45) is 0 Å². The second-order valence-corrected chi connectivity index (χ2v) is 8.84. The Hall–Kier alpha value is -3.72. The summed E-state index contributed by atoms with van der Waals surface area (Å²) in [4.78, 5) is 39.4. The van der Waals surface area contributed by atoms with Gasteiger partial charge in [0.25, 0.3) is 0 Å². The number of carbonyl (C=O) groups is 3. The second-order valence-electron chi connectivity index (χ2n) is 8.84. The van der Waals surface area contributed by atoms with Crippen molar-refractivity contribution in [1.29, 1.82) is 0 Å². The quantitative estimate of drug-likeness (QED) is 0.514. The van der Waals surface area contributed by atoms with Crippen molar-refractivity contribution in [3.05, 3.63) is 54.0 Å². The number of nitrogens with zero attached hydrogens (tertiary/aromatic N) is 3. The first-order valence-corrected chi connectivity index (χ1v) is 11.6. The number of pyridine rings is 1.